The number of nitrogens with one attached hydrogen (secondary N) is 3. The van der Waals surface area contributed by atoms with Crippen LogP contribution in [0.3, 0.4) is 0 Å². The van der Waals surface area contributed by atoms with Crippen molar-refractivity contribution in [2.24, 2.45) is 0 Å². The van der Waals surface area contributed by atoms with Gasteiger partial charge in [-0.3, -0.25) is 20.9 Å². The monoisotopic (exact) mass is 557 g/mol. The van der Waals surface area contributed by atoms with Crippen LogP contribution in [0.25, 0.3) is 10.8 Å². The van der Waals surface area contributed by atoms with Gasteiger partial charge >= 0.3 is 0 Å². The van der Waals surface area contributed by atoms with Gasteiger partial charge in [0, 0.05) is 37.4 Å². The molecule has 10 heteroatoms. The topological polar surface area (TPSA) is 126 Å². The zero-order chi connectivity index (χ0) is 28.1. The Morgan fingerprint density at radius 3 is 2.27 bits per heavy atom. The summed E-state index contributed by atoms with van der Waals surface area (Å²) in [6.45, 7) is 2.19. The summed E-state index contributed by atoms with van der Waals surface area (Å²) in [4.78, 5) is 17.8. The summed E-state index contributed by atoms with van der Waals surface area (Å²) in [7, 11) is -4.04. The summed E-state index contributed by atoms with van der Waals surface area (Å²) in [5.41, 5.74) is 3.97. The van der Waals surface area contributed by atoms with E-state index in [-0.39, 0.29) is 23.1 Å². The van der Waals surface area contributed by atoms with Gasteiger partial charge in [0.2, 0.25) is 15.9 Å². The Labute approximate surface area is 233 Å². The van der Waals surface area contributed by atoms with Crippen LogP contribution >= 0.6 is 0 Å². The SMILES string of the molecule is N=C(NO)c1cccc(C[C@H](NS(=O)(=O)c2ccc3ccccc3c2)C(=O)N2CCN(c3ccccc3)CC2)c1. The number of sulfonamides is 1. The molecule has 1 aliphatic rings. The van der Waals surface area contributed by atoms with Gasteiger partial charge in [0.25, 0.3) is 0 Å². The number of hydrogen-bond donors (Lipinski definition) is 4. The Bertz CT molecular complexity index is 1620. The second kappa shape index (κ2) is 11.9. The Morgan fingerprint density at radius 2 is 1.55 bits per heavy atom. The zero-order valence-electron chi connectivity index (χ0n) is 21.8. The summed E-state index contributed by atoms with van der Waals surface area (Å²) in [6, 6.07) is 28.1. The molecule has 1 amide bonds. The minimum atomic E-state index is -4.04. The number of hydrogen-bond acceptors (Lipinski definition) is 6. The molecular formula is C30H31N5O4S. The van der Waals surface area contributed by atoms with E-state index >= 15 is 0 Å². The van der Waals surface area contributed by atoms with Crippen LogP contribution < -0.4 is 15.1 Å². The van der Waals surface area contributed by atoms with Crippen molar-refractivity contribution in [2.45, 2.75) is 17.4 Å². The fourth-order valence-electron chi connectivity index (χ4n) is 4.97. The van der Waals surface area contributed by atoms with E-state index in [1.807, 2.05) is 60.1 Å². The lowest BCUT2D eigenvalue weighted by Crippen LogP contribution is -2.55. The number of benzene rings is 4. The van der Waals surface area contributed by atoms with E-state index in [9.17, 15) is 13.2 Å². The Kier molecular flexibility index (Phi) is 8.11. The van der Waals surface area contributed by atoms with Gasteiger partial charge in [-0.2, -0.15) is 4.72 Å². The van der Waals surface area contributed by atoms with Crippen LogP contribution in [-0.4, -0.2) is 62.5 Å². The van der Waals surface area contributed by atoms with Gasteiger partial charge in [-0.1, -0.05) is 66.7 Å². The van der Waals surface area contributed by atoms with Crippen LogP contribution in [0.4, 0.5) is 5.69 Å². The predicted molar refractivity (Wildman–Crippen MR) is 155 cm³/mol. The third kappa shape index (κ3) is 6.15. The van der Waals surface area contributed by atoms with Gasteiger partial charge in [-0.05, 0) is 53.1 Å². The molecule has 1 heterocycles. The molecule has 5 rings (SSSR count). The fraction of sp³-hybridized carbons (Fsp3) is 0.200. The molecule has 1 aliphatic heterocycles. The highest BCUT2D eigenvalue weighted by molar-refractivity contribution is 7.89. The third-order valence-electron chi connectivity index (χ3n) is 7.11. The van der Waals surface area contributed by atoms with Crippen molar-refractivity contribution >= 4 is 38.2 Å². The van der Waals surface area contributed by atoms with Crippen molar-refractivity contribution in [1.29, 1.82) is 5.41 Å². The summed E-state index contributed by atoms with van der Waals surface area (Å²) < 4.78 is 29.8. The number of amides is 1. The molecule has 0 unspecified atom stereocenters. The van der Waals surface area contributed by atoms with E-state index in [1.165, 1.54) is 0 Å². The first-order valence-corrected chi connectivity index (χ1v) is 14.5. The molecule has 4 aromatic carbocycles. The van der Waals surface area contributed by atoms with Crippen LogP contribution in [0.5, 0.6) is 0 Å². The maximum absolute atomic E-state index is 13.8. The van der Waals surface area contributed by atoms with E-state index in [1.54, 1.807) is 47.4 Å². The highest BCUT2D eigenvalue weighted by Crippen LogP contribution is 2.21. The molecule has 0 radical (unpaired) electrons. The molecule has 1 fully saturated rings. The lowest BCUT2D eigenvalue weighted by atomic mass is 10.0. The number of amidine groups is 1. The van der Waals surface area contributed by atoms with Crippen LogP contribution in [0.2, 0.25) is 0 Å². The van der Waals surface area contributed by atoms with Gasteiger partial charge < -0.3 is 9.80 Å². The van der Waals surface area contributed by atoms with E-state index in [2.05, 4.69) is 9.62 Å². The second-order valence-electron chi connectivity index (χ2n) is 9.72. The second-order valence-corrected chi connectivity index (χ2v) is 11.4. The number of carbonyl (C=O) groups is 1. The standard InChI is InChI=1S/C30H31N5O4S/c31-29(32-37)25-10-6-7-22(19-25)20-28(30(36)35-17-15-34(16-18-35)26-11-2-1-3-12-26)33-40(38,39)27-14-13-23-8-4-5-9-24(23)21-27/h1-14,19,21,28,33,37H,15-18,20H2,(H2,31,32)/t28-/m0/s1. The number of piperazine rings is 1. The zero-order valence-corrected chi connectivity index (χ0v) is 22.6. The molecule has 206 valence electrons. The maximum atomic E-state index is 13.8. The van der Waals surface area contributed by atoms with Crippen molar-refractivity contribution in [2.75, 3.05) is 31.1 Å². The molecule has 0 saturated carbocycles. The number of hydroxylamine groups is 1. The molecule has 40 heavy (non-hydrogen) atoms. The van der Waals surface area contributed by atoms with Gasteiger partial charge in [0.1, 0.15) is 11.9 Å². The Morgan fingerprint density at radius 1 is 0.850 bits per heavy atom. The van der Waals surface area contributed by atoms with Gasteiger partial charge in [0.05, 0.1) is 4.90 Å². The lowest BCUT2D eigenvalue weighted by molar-refractivity contribution is -0.133. The van der Waals surface area contributed by atoms with E-state index in [0.29, 0.717) is 37.3 Å². The van der Waals surface area contributed by atoms with Crippen molar-refractivity contribution in [3.8, 4) is 0 Å². The quantitative estimate of drug-likeness (QED) is 0.150. The summed E-state index contributed by atoms with van der Waals surface area (Å²) in [5, 5.41) is 18.7. The average molecular weight is 558 g/mol. The molecule has 0 aliphatic carbocycles. The average Bonchev–Trinajstić information content (AvgIpc) is 3.00. The van der Waals surface area contributed by atoms with Crippen LogP contribution in [0.15, 0.2) is 102 Å². The van der Waals surface area contributed by atoms with Crippen molar-refractivity contribution in [3.05, 3.63) is 108 Å². The first kappa shape index (κ1) is 27.3. The molecular weight excluding hydrogens is 526 g/mol. The van der Waals surface area contributed by atoms with E-state index < -0.39 is 16.1 Å². The molecule has 4 N–H and O–H groups in total. The molecule has 1 atom stereocenters. The molecule has 4 aromatic rings. The minimum Gasteiger partial charge on any atom is -0.368 e. The number of rotatable bonds is 8. The van der Waals surface area contributed by atoms with Gasteiger partial charge in [-0.15, -0.1) is 0 Å². The predicted octanol–water partition coefficient (Wildman–Crippen LogP) is 3.38. The van der Waals surface area contributed by atoms with Crippen LogP contribution in [0, 0.1) is 5.41 Å². The first-order chi connectivity index (χ1) is 19.3. The highest BCUT2D eigenvalue weighted by atomic mass is 32.2. The number of para-hydroxylation sites is 1. The Balaban J connectivity index is 1.40. The third-order valence-corrected chi connectivity index (χ3v) is 8.58. The molecule has 1 saturated heterocycles. The highest BCUT2D eigenvalue weighted by Gasteiger charge is 2.31. The molecule has 0 aromatic heterocycles. The largest absolute Gasteiger partial charge is 0.368 e. The lowest BCUT2D eigenvalue weighted by Gasteiger charge is -2.37. The fourth-order valence-corrected chi connectivity index (χ4v) is 6.19. The first-order valence-electron chi connectivity index (χ1n) is 13.0. The summed E-state index contributed by atoms with van der Waals surface area (Å²) >= 11 is 0. The van der Waals surface area contributed by atoms with Crippen LogP contribution in [-0.2, 0) is 21.2 Å². The van der Waals surface area contributed by atoms with E-state index in [4.69, 9.17) is 10.6 Å². The summed E-state index contributed by atoms with van der Waals surface area (Å²) in [6.07, 6.45) is 0.0804. The van der Waals surface area contributed by atoms with Gasteiger partial charge in [-0.25, -0.2) is 8.42 Å². The number of carbonyl (C=O) groups excluding carboxylic acids is 1. The number of fused-ring (bicyclic) bond motifs is 1. The normalized spacial score (nSPS) is 14.6. The Hall–Kier alpha value is -4.25. The number of nitrogens with zero attached hydrogens (tertiary/aromatic N) is 2. The van der Waals surface area contributed by atoms with Gasteiger partial charge in [0.15, 0.2) is 0 Å². The summed E-state index contributed by atoms with van der Waals surface area (Å²) in [5.74, 6) is -0.503. The van der Waals surface area contributed by atoms with Crippen molar-refractivity contribution in [3.63, 3.8) is 0 Å². The van der Waals surface area contributed by atoms with Crippen LogP contribution in [0.1, 0.15) is 11.1 Å². The van der Waals surface area contributed by atoms with E-state index in [0.717, 1.165) is 16.5 Å². The number of anilines is 1. The smallest absolute Gasteiger partial charge is 0.241 e. The molecule has 0 spiro atoms. The van der Waals surface area contributed by atoms with Crippen molar-refractivity contribution < 1.29 is 18.4 Å². The molecule has 0 bridgehead atoms. The minimum absolute atomic E-state index is 0.0804. The molecule has 9 nitrogen and oxygen atoms in total. The maximum Gasteiger partial charge on any atom is 0.241 e. The van der Waals surface area contributed by atoms with Crippen molar-refractivity contribution in [1.82, 2.24) is 15.1 Å².